The van der Waals surface area contributed by atoms with Gasteiger partial charge in [-0.1, -0.05) is 0 Å². The number of benzene rings is 1. The van der Waals surface area contributed by atoms with Crippen LogP contribution in [-0.2, 0) is 0 Å². The molecule has 7 heteroatoms. The van der Waals surface area contributed by atoms with Crippen molar-refractivity contribution in [2.24, 2.45) is 0 Å². The Balaban J connectivity index is 2.00. The molecule has 0 amide bonds. The largest absolute Gasteiger partial charge is 0.477 e. The van der Waals surface area contributed by atoms with Crippen molar-refractivity contribution in [2.45, 2.75) is 18.8 Å². The zero-order valence-electron chi connectivity index (χ0n) is 13.5. The highest BCUT2D eigenvalue weighted by atomic mass is 19.1. The van der Waals surface area contributed by atoms with Gasteiger partial charge in [0.2, 0.25) is 0 Å². The second-order valence-corrected chi connectivity index (χ2v) is 6.42. The van der Waals surface area contributed by atoms with Crippen molar-refractivity contribution in [3.8, 4) is 11.1 Å². The van der Waals surface area contributed by atoms with Gasteiger partial charge in [0.05, 0.1) is 11.2 Å². The molecule has 1 fully saturated rings. The SMILES string of the molecule is Nc1cc(F)c(-c2ccn3c(=O)c(C(=O)O)cc(C4CC4)c3c2)cc1F. The topological polar surface area (TPSA) is 84.8 Å². The quantitative estimate of drug-likeness (QED) is 0.705. The second kappa shape index (κ2) is 5.66. The minimum Gasteiger partial charge on any atom is -0.477 e. The molecule has 0 bridgehead atoms. The first-order valence-electron chi connectivity index (χ1n) is 8.04. The molecule has 0 unspecified atom stereocenters. The van der Waals surface area contributed by atoms with Gasteiger partial charge in [0.15, 0.2) is 0 Å². The maximum absolute atomic E-state index is 14.2. The molecule has 3 N–H and O–H groups in total. The number of rotatable bonds is 3. The Morgan fingerprint density at radius 3 is 2.54 bits per heavy atom. The van der Waals surface area contributed by atoms with Crippen molar-refractivity contribution in [2.75, 3.05) is 5.73 Å². The molecule has 1 aliphatic carbocycles. The molecule has 1 saturated carbocycles. The molecule has 0 aliphatic heterocycles. The summed E-state index contributed by atoms with van der Waals surface area (Å²) in [6.45, 7) is 0. The number of halogens is 2. The van der Waals surface area contributed by atoms with Crippen molar-refractivity contribution in [3.63, 3.8) is 0 Å². The summed E-state index contributed by atoms with van der Waals surface area (Å²) in [5, 5.41) is 9.26. The van der Waals surface area contributed by atoms with E-state index in [-0.39, 0.29) is 22.7 Å². The predicted molar refractivity (Wildman–Crippen MR) is 92.4 cm³/mol. The lowest BCUT2D eigenvalue weighted by Crippen LogP contribution is -2.22. The van der Waals surface area contributed by atoms with E-state index in [0.717, 1.165) is 30.5 Å². The lowest BCUT2D eigenvalue weighted by Gasteiger charge is -2.12. The lowest BCUT2D eigenvalue weighted by atomic mass is 10.0. The number of fused-ring (bicyclic) bond motifs is 1. The van der Waals surface area contributed by atoms with E-state index in [1.54, 1.807) is 6.07 Å². The van der Waals surface area contributed by atoms with Gasteiger partial charge in [0.1, 0.15) is 17.2 Å². The van der Waals surface area contributed by atoms with Gasteiger partial charge in [-0.15, -0.1) is 0 Å². The number of anilines is 1. The van der Waals surface area contributed by atoms with E-state index in [4.69, 9.17) is 5.73 Å². The standard InChI is InChI=1S/C19H14F2N2O3/c20-14-8-16(22)15(21)7-11(14)10-3-4-23-17(5-10)12(9-1-2-9)6-13(18(23)24)19(25)26/h3-9H,1-2,22H2,(H,25,26). The Morgan fingerprint density at radius 2 is 1.88 bits per heavy atom. The molecule has 0 saturated heterocycles. The number of aromatic carboxylic acids is 1. The van der Waals surface area contributed by atoms with Crippen LogP contribution in [-0.4, -0.2) is 15.5 Å². The molecule has 1 aromatic carbocycles. The van der Waals surface area contributed by atoms with E-state index in [0.29, 0.717) is 11.1 Å². The van der Waals surface area contributed by atoms with Crippen molar-refractivity contribution in [1.29, 1.82) is 0 Å². The third-order valence-corrected chi connectivity index (χ3v) is 4.64. The van der Waals surface area contributed by atoms with Gasteiger partial charge in [-0.25, -0.2) is 13.6 Å². The molecular weight excluding hydrogens is 342 g/mol. The maximum atomic E-state index is 14.2. The van der Waals surface area contributed by atoms with E-state index < -0.39 is 23.2 Å². The monoisotopic (exact) mass is 356 g/mol. The molecule has 2 aromatic heterocycles. The Morgan fingerprint density at radius 1 is 1.15 bits per heavy atom. The summed E-state index contributed by atoms with van der Waals surface area (Å²) in [6.07, 6.45) is 3.17. The summed E-state index contributed by atoms with van der Waals surface area (Å²) in [5.74, 6) is -2.54. The van der Waals surface area contributed by atoms with Gasteiger partial charge < -0.3 is 10.8 Å². The highest BCUT2D eigenvalue weighted by Gasteiger charge is 2.28. The van der Waals surface area contributed by atoms with E-state index in [2.05, 4.69) is 0 Å². The number of nitrogen functional groups attached to an aromatic ring is 1. The van der Waals surface area contributed by atoms with E-state index in [1.807, 2.05) is 0 Å². The summed E-state index contributed by atoms with van der Waals surface area (Å²) >= 11 is 0. The molecular formula is C19H14F2N2O3. The van der Waals surface area contributed by atoms with E-state index >= 15 is 0 Å². The zero-order valence-corrected chi connectivity index (χ0v) is 13.5. The Labute approximate surface area is 146 Å². The minimum atomic E-state index is -1.29. The summed E-state index contributed by atoms with van der Waals surface area (Å²) in [6, 6.07) is 6.34. The molecule has 0 spiro atoms. The summed E-state index contributed by atoms with van der Waals surface area (Å²) in [7, 11) is 0. The summed E-state index contributed by atoms with van der Waals surface area (Å²) < 4.78 is 29.3. The second-order valence-electron chi connectivity index (χ2n) is 6.42. The van der Waals surface area contributed by atoms with Crippen LogP contribution in [0.5, 0.6) is 0 Å². The maximum Gasteiger partial charge on any atom is 0.341 e. The van der Waals surface area contributed by atoms with Gasteiger partial charge in [-0.2, -0.15) is 0 Å². The van der Waals surface area contributed by atoms with Crippen molar-refractivity contribution >= 4 is 17.2 Å². The Kier molecular flexibility index (Phi) is 3.54. The smallest absolute Gasteiger partial charge is 0.341 e. The van der Waals surface area contributed by atoms with Gasteiger partial charge in [0.25, 0.3) is 5.56 Å². The normalized spacial score (nSPS) is 13.9. The number of aromatic nitrogens is 1. The number of nitrogens with two attached hydrogens (primary N) is 1. The number of carboxylic acids is 1. The van der Waals surface area contributed by atoms with Crippen LogP contribution in [0.1, 0.15) is 34.7 Å². The Hall–Kier alpha value is -3.22. The van der Waals surface area contributed by atoms with Crippen LogP contribution < -0.4 is 11.3 Å². The van der Waals surface area contributed by atoms with Gasteiger partial charge in [-0.05, 0) is 54.2 Å². The van der Waals surface area contributed by atoms with Crippen LogP contribution in [0.3, 0.4) is 0 Å². The Bertz CT molecular complexity index is 1130. The van der Waals surface area contributed by atoms with Crippen LogP contribution >= 0.6 is 0 Å². The zero-order chi connectivity index (χ0) is 18.6. The van der Waals surface area contributed by atoms with Crippen molar-refractivity contribution in [3.05, 3.63) is 69.6 Å². The number of carbonyl (C=O) groups is 1. The molecule has 26 heavy (non-hydrogen) atoms. The third-order valence-electron chi connectivity index (χ3n) is 4.64. The van der Waals surface area contributed by atoms with Gasteiger partial charge in [0, 0.05) is 17.8 Å². The molecule has 5 nitrogen and oxygen atoms in total. The lowest BCUT2D eigenvalue weighted by molar-refractivity contribution is 0.0694. The van der Waals surface area contributed by atoms with Crippen LogP contribution in [0.15, 0.2) is 41.3 Å². The van der Waals surface area contributed by atoms with Gasteiger partial charge in [-0.3, -0.25) is 9.20 Å². The molecule has 1 aliphatic rings. The molecule has 132 valence electrons. The first-order chi connectivity index (χ1) is 12.4. The highest BCUT2D eigenvalue weighted by molar-refractivity contribution is 5.88. The van der Waals surface area contributed by atoms with Crippen LogP contribution in [0, 0.1) is 11.6 Å². The molecule has 3 aromatic rings. The van der Waals surface area contributed by atoms with Gasteiger partial charge >= 0.3 is 5.97 Å². The van der Waals surface area contributed by atoms with Crippen LogP contribution in [0.2, 0.25) is 0 Å². The minimum absolute atomic E-state index is 0.0238. The average Bonchev–Trinajstić information content (AvgIpc) is 3.43. The number of pyridine rings is 2. The first-order valence-corrected chi connectivity index (χ1v) is 8.04. The van der Waals surface area contributed by atoms with Crippen LogP contribution in [0.4, 0.5) is 14.5 Å². The number of hydrogen-bond donors (Lipinski definition) is 2. The van der Waals surface area contributed by atoms with E-state index in [1.165, 1.54) is 22.7 Å². The first kappa shape index (κ1) is 16.3. The highest BCUT2D eigenvalue weighted by Crippen LogP contribution is 2.42. The summed E-state index contributed by atoms with van der Waals surface area (Å²) in [5.41, 5.74) is 5.75. The summed E-state index contributed by atoms with van der Waals surface area (Å²) in [4.78, 5) is 23.8. The number of carboxylic acid groups (broad SMARTS) is 1. The fraction of sp³-hybridized carbons (Fsp3) is 0.158. The number of nitrogens with zero attached hydrogens (tertiary/aromatic N) is 1. The molecule has 2 heterocycles. The average molecular weight is 356 g/mol. The van der Waals surface area contributed by atoms with E-state index in [9.17, 15) is 23.5 Å². The molecule has 0 atom stereocenters. The third kappa shape index (κ3) is 2.52. The number of hydrogen-bond acceptors (Lipinski definition) is 3. The fourth-order valence-corrected chi connectivity index (χ4v) is 3.15. The molecule has 0 radical (unpaired) electrons. The fourth-order valence-electron chi connectivity index (χ4n) is 3.15. The van der Waals surface area contributed by atoms with Crippen molar-refractivity contribution in [1.82, 2.24) is 4.40 Å². The predicted octanol–water partition coefficient (Wildman–Crippen LogP) is 3.40. The molecule has 4 rings (SSSR count). The van der Waals surface area contributed by atoms with Crippen LogP contribution in [0.25, 0.3) is 16.6 Å². The van der Waals surface area contributed by atoms with Crippen molar-refractivity contribution < 1.29 is 18.7 Å².